The zero-order chi connectivity index (χ0) is 45.1. The minimum absolute atomic E-state index is 0.0912. The van der Waals surface area contributed by atoms with Crippen LogP contribution in [0.4, 0.5) is 0 Å². The zero-order valence-electron chi connectivity index (χ0n) is 41.1. The molecule has 0 aliphatic rings. The van der Waals surface area contributed by atoms with Gasteiger partial charge in [-0.25, -0.2) is 0 Å². The van der Waals surface area contributed by atoms with Crippen molar-refractivity contribution in [2.24, 2.45) is 0 Å². The Morgan fingerprint density at radius 1 is 0.323 bits per heavy atom. The van der Waals surface area contributed by atoms with Crippen LogP contribution in [-0.2, 0) is 28.6 Å². The van der Waals surface area contributed by atoms with E-state index in [0.29, 0.717) is 19.3 Å². The minimum Gasteiger partial charge on any atom is -0.462 e. The molecule has 0 aliphatic heterocycles. The van der Waals surface area contributed by atoms with Gasteiger partial charge < -0.3 is 14.2 Å². The lowest BCUT2D eigenvalue weighted by Crippen LogP contribution is -2.30. The fourth-order valence-corrected chi connectivity index (χ4v) is 7.55. The Morgan fingerprint density at radius 3 is 0.952 bits per heavy atom. The molecule has 0 saturated carbocycles. The SMILES string of the molecule is CCCCC/C=C\C/C=C\C/C=C\C/C=C\CCCC(=O)OC(COC(=O)CCCCCCCCCCC)COC(=O)CCCCCCCCCCCCCCCCCCCC. The Bertz CT molecular complexity index is 1090. The van der Waals surface area contributed by atoms with Gasteiger partial charge in [0.05, 0.1) is 0 Å². The molecule has 0 aromatic heterocycles. The number of esters is 3. The first-order chi connectivity index (χ1) is 30.5. The molecule has 62 heavy (non-hydrogen) atoms. The van der Waals surface area contributed by atoms with E-state index in [4.69, 9.17) is 14.2 Å². The summed E-state index contributed by atoms with van der Waals surface area (Å²) >= 11 is 0. The maximum absolute atomic E-state index is 12.8. The highest BCUT2D eigenvalue weighted by Gasteiger charge is 2.19. The zero-order valence-corrected chi connectivity index (χ0v) is 41.1. The van der Waals surface area contributed by atoms with Crippen LogP contribution in [0.2, 0.25) is 0 Å². The lowest BCUT2D eigenvalue weighted by molar-refractivity contribution is -0.167. The number of hydrogen-bond donors (Lipinski definition) is 0. The lowest BCUT2D eigenvalue weighted by Gasteiger charge is -2.18. The van der Waals surface area contributed by atoms with E-state index in [0.717, 1.165) is 64.2 Å². The third-order valence-electron chi connectivity index (χ3n) is 11.6. The summed E-state index contributed by atoms with van der Waals surface area (Å²) in [6.07, 6.45) is 61.1. The summed E-state index contributed by atoms with van der Waals surface area (Å²) in [5.41, 5.74) is 0. The molecule has 0 fully saturated rings. The quantitative estimate of drug-likeness (QED) is 0.0262. The summed E-state index contributed by atoms with van der Waals surface area (Å²) in [5.74, 6) is -0.941. The van der Waals surface area contributed by atoms with Gasteiger partial charge >= 0.3 is 17.9 Å². The normalized spacial score (nSPS) is 12.4. The highest BCUT2D eigenvalue weighted by molar-refractivity contribution is 5.71. The molecule has 0 spiro atoms. The molecule has 0 N–H and O–H groups in total. The van der Waals surface area contributed by atoms with Crippen LogP contribution in [-0.4, -0.2) is 37.2 Å². The van der Waals surface area contributed by atoms with Crippen molar-refractivity contribution in [3.8, 4) is 0 Å². The number of carbonyl (C=O) groups excluding carboxylic acids is 3. The molecule has 0 rings (SSSR count). The number of hydrogen-bond acceptors (Lipinski definition) is 6. The maximum atomic E-state index is 12.8. The molecule has 0 aromatic carbocycles. The summed E-state index contributed by atoms with van der Waals surface area (Å²) in [6.45, 7) is 6.57. The van der Waals surface area contributed by atoms with Crippen LogP contribution in [0.25, 0.3) is 0 Å². The molecule has 0 amide bonds. The standard InChI is InChI=1S/C56H100O6/c1-4-7-10-13-16-19-21-23-25-27-29-30-32-34-37-40-43-46-49-55(58)61-52-53(51-60-54(57)48-45-42-39-36-18-15-12-9-6-3)62-56(59)50-47-44-41-38-35-33-31-28-26-24-22-20-17-14-11-8-5-2/h17,20,24,26,31,33,38,41,53H,4-16,18-19,21-23,25,27-30,32,34-37,39-40,42-52H2,1-3H3/b20-17-,26-24-,33-31-,41-38-. The smallest absolute Gasteiger partial charge is 0.306 e. The van der Waals surface area contributed by atoms with E-state index in [-0.39, 0.29) is 37.5 Å². The fraction of sp³-hybridized carbons (Fsp3) is 0.804. The van der Waals surface area contributed by atoms with Gasteiger partial charge in [-0.15, -0.1) is 0 Å². The first kappa shape index (κ1) is 59.4. The first-order valence-electron chi connectivity index (χ1n) is 26.6. The predicted octanol–water partition coefficient (Wildman–Crippen LogP) is 17.5. The van der Waals surface area contributed by atoms with Crippen molar-refractivity contribution < 1.29 is 28.6 Å². The van der Waals surface area contributed by atoms with Gasteiger partial charge in [-0.05, 0) is 57.8 Å². The number of allylic oxidation sites excluding steroid dienone is 8. The van der Waals surface area contributed by atoms with Gasteiger partial charge in [0, 0.05) is 19.3 Å². The molecule has 0 heterocycles. The Balaban J connectivity index is 4.36. The molecule has 0 aromatic rings. The number of ether oxygens (including phenoxy) is 3. The van der Waals surface area contributed by atoms with E-state index in [1.165, 1.54) is 161 Å². The van der Waals surface area contributed by atoms with Gasteiger partial charge in [0.1, 0.15) is 13.2 Å². The molecule has 6 nitrogen and oxygen atoms in total. The number of unbranched alkanes of at least 4 members (excludes halogenated alkanes) is 29. The van der Waals surface area contributed by atoms with Crippen molar-refractivity contribution in [1.29, 1.82) is 0 Å². The summed E-state index contributed by atoms with van der Waals surface area (Å²) in [6, 6.07) is 0. The van der Waals surface area contributed by atoms with Crippen molar-refractivity contribution in [1.82, 2.24) is 0 Å². The van der Waals surface area contributed by atoms with E-state index in [1.54, 1.807) is 0 Å². The van der Waals surface area contributed by atoms with Crippen molar-refractivity contribution >= 4 is 17.9 Å². The average molecular weight is 869 g/mol. The van der Waals surface area contributed by atoms with Gasteiger partial charge in [0.25, 0.3) is 0 Å². The second-order valence-corrected chi connectivity index (χ2v) is 17.8. The maximum Gasteiger partial charge on any atom is 0.306 e. The van der Waals surface area contributed by atoms with Crippen LogP contribution in [0.3, 0.4) is 0 Å². The van der Waals surface area contributed by atoms with E-state index >= 15 is 0 Å². The molecule has 0 bridgehead atoms. The van der Waals surface area contributed by atoms with Gasteiger partial charge in [-0.2, -0.15) is 0 Å². The molecule has 6 heteroatoms. The van der Waals surface area contributed by atoms with Crippen molar-refractivity contribution in [2.45, 2.75) is 277 Å². The topological polar surface area (TPSA) is 78.9 Å². The fourth-order valence-electron chi connectivity index (χ4n) is 7.55. The third-order valence-corrected chi connectivity index (χ3v) is 11.6. The van der Waals surface area contributed by atoms with Crippen LogP contribution in [0.1, 0.15) is 271 Å². The Kier molecular flexibility index (Phi) is 48.8. The van der Waals surface area contributed by atoms with Crippen LogP contribution in [0, 0.1) is 0 Å². The highest BCUT2D eigenvalue weighted by Crippen LogP contribution is 2.16. The van der Waals surface area contributed by atoms with Crippen LogP contribution in [0.15, 0.2) is 48.6 Å². The summed E-state index contributed by atoms with van der Waals surface area (Å²) in [7, 11) is 0. The van der Waals surface area contributed by atoms with Gasteiger partial charge in [0.15, 0.2) is 6.10 Å². The van der Waals surface area contributed by atoms with E-state index in [1.807, 2.05) is 0 Å². The Morgan fingerprint density at radius 2 is 0.597 bits per heavy atom. The molecular formula is C56H100O6. The summed E-state index contributed by atoms with van der Waals surface area (Å²) in [4.78, 5) is 37.9. The average Bonchev–Trinajstić information content (AvgIpc) is 3.27. The summed E-state index contributed by atoms with van der Waals surface area (Å²) < 4.78 is 16.7. The van der Waals surface area contributed by atoms with Gasteiger partial charge in [-0.1, -0.05) is 243 Å². The highest BCUT2D eigenvalue weighted by atomic mass is 16.6. The van der Waals surface area contributed by atoms with Crippen molar-refractivity contribution in [2.75, 3.05) is 13.2 Å². The lowest BCUT2D eigenvalue weighted by atomic mass is 10.0. The van der Waals surface area contributed by atoms with Gasteiger partial charge in [0.2, 0.25) is 0 Å². The second kappa shape index (κ2) is 51.0. The minimum atomic E-state index is -0.796. The van der Waals surface area contributed by atoms with E-state index in [2.05, 4.69) is 69.4 Å². The number of carbonyl (C=O) groups is 3. The monoisotopic (exact) mass is 869 g/mol. The molecule has 0 radical (unpaired) electrons. The second-order valence-electron chi connectivity index (χ2n) is 17.8. The number of rotatable bonds is 48. The Labute approximate surface area is 384 Å². The Hall–Kier alpha value is -2.63. The predicted molar refractivity (Wildman–Crippen MR) is 265 cm³/mol. The van der Waals surface area contributed by atoms with Crippen molar-refractivity contribution in [3.05, 3.63) is 48.6 Å². The van der Waals surface area contributed by atoms with Crippen LogP contribution >= 0.6 is 0 Å². The molecule has 1 atom stereocenters. The van der Waals surface area contributed by atoms with Crippen LogP contribution in [0.5, 0.6) is 0 Å². The molecular weight excluding hydrogens is 769 g/mol. The van der Waals surface area contributed by atoms with E-state index < -0.39 is 6.10 Å². The molecule has 0 saturated heterocycles. The molecule has 360 valence electrons. The van der Waals surface area contributed by atoms with E-state index in [9.17, 15) is 14.4 Å². The molecule has 1 unspecified atom stereocenters. The summed E-state index contributed by atoms with van der Waals surface area (Å²) in [5, 5.41) is 0. The third kappa shape index (κ3) is 48.4. The van der Waals surface area contributed by atoms with Crippen LogP contribution < -0.4 is 0 Å². The largest absolute Gasteiger partial charge is 0.462 e. The first-order valence-corrected chi connectivity index (χ1v) is 26.6. The molecule has 0 aliphatic carbocycles. The van der Waals surface area contributed by atoms with Gasteiger partial charge in [-0.3, -0.25) is 14.4 Å². The van der Waals surface area contributed by atoms with Crippen molar-refractivity contribution in [3.63, 3.8) is 0 Å².